The molecule has 0 heterocycles. The first kappa shape index (κ1) is 16.5. The largest absolute Gasteiger partial charge is 0.508 e. The Hall–Kier alpha value is -2.82. The number of rotatable bonds is 4. The third-order valence-electron chi connectivity index (χ3n) is 3.46. The van der Waals surface area contributed by atoms with Crippen LogP contribution in [0.25, 0.3) is 0 Å². The molecule has 0 bridgehead atoms. The van der Waals surface area contributed by atoms with Crippen molar-refractivity contribution in [1.82, 2.24) is 0 Å². The van der Waals surface area contributed by atoms with E-state index in [1.54, 1.807) is 0 Å². The summed E-state index contributed by atoms with van der Waals surface area (Å²) in [5.41, 5.74) is 2.78. The minimum absolute atomic E-state index is 0.0351. The van der Waals surface area contributed by atoms with Crippen molar-refractivity contribution in [2.24, 2.45) is 0 Å². The molecule has 2 aromatic carbocycles. The number of hydrogen-bond donors (Lipinski definition) is 2. The summed E-state index contributed by atoms with van der Waals surface area (Å²) >= 11 is 0. The van der Waals surface area contributed by atoms with Gasteiger partial charge in [-0.3, -0.25) is 4.79 Å². The molecule has 23 heavy (non-hydrogen) atoms. The van der Waals surface area contributed by atoms with Crippen molar-refractivity contribution < 1.29 is 19.4 Å². The lowest BCUT2D eigenvalue weighted by Crippen LogP contribution is -2.30. The quantitative estimate of drug-likeness (QED) is 0.850. The smallest absolute Gasteiger partial charge is 0.339 e. The summed E-state index contributed by atoms with van der Waals surface area (Å²) in [7, 11) is 0. The topological polar surface area (TPSA) is 75.6 Å². The second-order valence-electron chi connectivity index (χ2n) is 5.35. The lowest BCUT2D eigenvalue weighted by atomic mass is 10.1. The number of esters is 1. The standard InChI is InChI=1S/C18H19NO4/c1-11-6-4-7-12(2)16(11)19-17(21)13(3)23-18(22)14-8-5-9-15(20)10-14/h4-10,13,20H,1-3H3,(H,19,21)/t13-/m0/s1. The van der Waals surface area contributed by atoms with Gasteiger partial charge in [-0.1, -0.05) is 24.3 Å². The summed E-state index contributed by atoms with van der Waals surface area (Å²) in [4.78, 5) is 24.2. The molecule has 0 aliphatic rings. The number of hydrogen-bond acceptors (Lipinski definition) is 4. The molecule has 5 nitrogen and oxygen atoms in total. The number of nitrogens with one attached hydrogen (secondary N) is 1. The molecule has 0 fully saturated rings. The van der Waals surface area contributed by atoms with Crippen molar-refractivity contribution in [2.45, 2.75) is 26.9 Å². The molecule has 0 aliphatic carbocycles. The van der Waals surface area contributed by atoms with Gasteiger partial charge >= 0.3 is 5.97 Å². The summed E-state index contributed by atoms with van der Waals surface area (Å²) in [6.07, 6.45) is -0.955. The van der Waals surface area contributed by atoms with Gasteiger partial charge in [0.05, 0.1) is 5.56 Å². The Kier molecular flexibility index (Phi) is 5.01. The van der Waals surface area contributed by atoms with Crippen LogP contribution in [-0.4, -0.2) is 23.1 Å². The highest BCUT2D eigenvalue weighted by atomic mass is 16.5. The van der Waals surface area contributed by atoms with E-state index in [1.807, 2.05) is 32.0 Å². The van der Waals surface area contributed by atoms with Crippen LogP contribution in [0.3, 0.4) is 0 Å². The molecule has 2 aromatic rings. The Labute approximate surface area is 134 Å². The highest BCUT2D eigenvalue weighted by Gasteiger charge is 2.20. The summed E-state index contributed by atoms with van der Waals surface area (Å²) in [6, 6.07) is 11.5. The number of phenols is 1. The van der Waals surface area contributed by atoms with Crippen LogP contribution in [0.4, 0.5) is 5.69 Å². The minimum atomic E-state index is -0.955. The summed E-state index contributed by atoms with van der Waals surface area (Å²) < 4.78 is 5.14. The molecular formula is C18H19NO4. The minimum Gasteiger partial charge on any atom is -0.508 e. The van der Waals surface area contributed by atoms with E-state index in [1.165, 1.54) is 31.2 Å². The normalized spacial score (nSPS) is 11.6. The van der Waals surface area contributed by atoms with E-state index in [0.717, 1.165) is 16.8 Å². The lowest BCUT2D eigenvalue weighted by Gasteiger charge is -2.16. The number of carbonyl (C=O) groups is 2. The van der Waals surface area contributed by atoms with Gasteiger partial charge in [0.1, 0.15) is 5.75 Å². The van der Waals surface area contributed by atoms with Crippen LogP contribution in [0, 0.1) is 13.8 Å². The molecule has 120 valence electrons. The molecule has 0 saturated heterocycles. The number of phenolic OH excluding ortho intramolecular Hbond substituents is 1. The Morgan fingerprint density at radius 3 is 2.30 bits per heavy atom. The predicted octanol–water partition coefficient (Wildman–Crippen LogP) is 3.19. The van der Waals surface area contributed by atoms with Crippen LogP contribution in [0.2, 0.25) is 0 Å². The Bertz CT molecular complexity index is 719. The first-order chi connectivity index (χ1) is 10.9. The number of benzene rings is 2. The number of aryl methyl sites for hydroxylation is 2. The molecular weight excluding hydrogens is 294 g/mol. The molecule has 0 unspecified atom stereocenters. The van der Waals surface area contributed by atoms with Gasteiger partial charge in [-0.2, -0.15) is 0 Å². The third kappa shape index (κ3) is 4.10. The summed E-state index contributed by atoms with van der Waals surface area (Å²) in [5.74, 6) is -1.10. The van der Waals surface area contributed by atoms with Crippen molar-refractivity contribution in [3.8, 4) is 5.75 Å². The van der Waals surface area contributed by atoms with Crippen LogP contribution in [-0.2, 0) is 9.53 Å². The molecule has 0 spiro atoms. The molecule has 1 atom stereocenters. The van der Waals surface area contributed by atoms with Gasteiger partial charge in [0.15, 0.2) is 6.10 Å². The fourth-order valence-corrected chi connectivity index (χ4v) is 2.15. The molecule has 0 radical (unpaired) electrons. The Balaban J connectivity index is 2.04. The van der Waals surface area contributed by atoms with E-state index in [-0.39, 0.29) is 11.3 Å². The van der Waals surface area contributed by atoms with Gasteiger partial charge in [-0.15, -0.1) is 0 Å². The van der Waals surface area contributed by atoms with E-state index in [0.29, 0.717) is 0 Å². The number of para-hydroxylation sites is 1. The van der Waals surface area contributed by atoms with E-state index in [2.05, 4.69) is 5.32 Å². The van der Waals surface area contributed by atoms with Gasteiger partial charge in [0, 0.05) is 5.69 Å². The average molecular weight is 313 g/mol. The highest BCUT2D eigenvalue weighted by Crippen LogP contribution is 2.20. The van der Waals surface area contributed by atoms with Gasteiger partial charge < -0.3 is 15.2 Å². The van der Waals surface area contributed by atoms with Crippen molar-refractivity contribution in [2.75, 3.05) is 5.32 Å². The average Bonchev–Trinajstić information content (AvgIpc) is 2.50. The number of carbonyl (C=O) groups excluding carboxylic acids is 2. The van der Waals surface area contributed by atoms with Gasteiger partial charge in [-0.25, -0.2) is 4.79 Å². The van der Waals surface area contributed by atoms with Gasteiger partial charge in [-0.05, 0) is 50.1 Å². The molecule has 0 saturated carbocycles. The maximum absolute atomic E-state index is 12.2. The maximum atomic E-state index is 12.2. The summed E-state index contributed by atoms with van der Waals surface area (Å²) in [5, 5.41) is 12.2. The first-order valence-electron chi connectivity index (χ1n) is 7.25. The zero-order valence-electron chi connectivity index (χ0n) is 13.3. The molecule has 0 aliphatic heterocycles. The first-order valence-corrected chi connectivity index (χ1v) is 7.25. The molecule has 2 N–H and O–H groups in total. The van der Waals surface area contributed by atoms with E-state index < -0.39 is 18.0 Å². The highest BCUT2D eigenvalue weighted by molar-refractivity contribution is 5.98. The van der Waals surface area contributed by atoms with Crippen molar-refractivity contribution in [3.63, 3.8) is 0 Å². The van der Waals surface area contributed by atoms with Crippen LogP contribution in [0.1, 0.15) is 28.4 Å². The number of amides is 1. The Morgan fingerprint density at radius 1 is 1.09 bits per heavy atom. The molecule has 5 heteroatoms. The number of anilines is 1. The number of aromatic hydroxyl groups is 1. The third-order valence-corrected chi connectivity index (χ3v) is 3.46. The maximum Gasteiger partial charge on any atom is 0.339 e. The monoisotopic (exact) mass is 313 g/mol. The summed E-state index contributed by atoms with van der Waals surface area (Å²) in [6.45, 7) is 5.29. The molecule has 2 rings (SSSR count). The molecule has 1 amide bonds. The van der Waals surface area contributed by atoms with Crippen molar-refractivity contribution in [3.05, 3.63) is 59.2 Å². The number of ether oxygens (including phenoxy) is 1. The van der Waals surface area contributed by atoms with Crippen LogP contribution >= 0.6 is 0 Å². The second kappa shape index (κ2) is 6.96. The SMILES string of the molecule is Cc1cccc(C)c1NC(=O)[C@H](C)OC(=O)c1cccc(O)c1. The zero-order valence-corrected chi connectivity index (χ0v) is 13.3. The van der Waals surface area contributed by atoms with Crippen LogP contribution in [0.15, 0.2) is 42.5 Å². The molecule has 0 aromatic heterocycles. The van der Waals surface area contributed by atoms with Crippen LogP contribution in [0.5, 0.6) is 5.75 Å². The van der Waals surface area contributed by atoms with E-state index in [4.69, 9.17) is 4.74 Å². The predicted molar refractivity (Wildman–Crippen MR) is 87.5 cm³/mol. The van der Waals surface area contributed by atoms with Crippen molar-refractivity contribution in [1.29, 1.82) is 0 Å². The zero-order chi connectivity index (χ0) is 17.0. The fraction of sp³-hybridized carbons (Fsp3) is 0.222. The lowest BCUT2D eigenvalue weighted by molar-refractivity contribution is -0.123. The van der Waals surface area contributed by atoms with E-state index >= 15 is 0 Å². The Morgan fingerprint density at radius 2 is 1.70 bits per heavy atom. The van der Waals surface area contributed by atoms with Crippen molar-refractivity contribution >= 4 is 17.6 Å². The van der Waals surface area contributed by atoms with Gasteiger partial charge in [0.25, 0.3) is 5.91 Å². The fourth-order valence-electron chi connectivity index (χ4n) is 2.15. The van der Waals surface area contributed by atoms with E-state index in [9.17, 15) is 14.7 Å². The van der Waals surface area contributed by atoms with Gasteiger partial charge in [0.2, 0.25) is 0 Å². The second-order valence-corrected chi connectivity index (χ2v) is 5.35. The van der Waals surface area contributed by atoms with Crippen LogP contribution < -0.4 is 5.32 Å².